The summed E-state index contributed by atoms with van der Waals surface area (Å²) in [5.74, 6) is -0.0437. The third-order valence-electron chi connectivity index (χ3n) is 2.43. The fraction of sp³-hybridized carbons (Fsp3) is 0.250. The highest BCUT2D eigenvalue weighted by Gasteiger charge is 2.17. The van der Waals surface area contributed by atoms with Crippen LogP contribution < -0.4 is 0 Å². The fourth-order valence-electron chi connectivity index (χ4n) is 1.63. The SMILES string of the molecule is Cc1cc(CS(=O)(=O)Cc2ccc(Cl)cc2Cl)on1. The number of aryl methyl sites for hydroxylation is 1. The molecule has 0 unspecified atom stereocenters. The molecule has 0 aliphatic heterocycles. The van der Waals surface area contributed by atoms with E-state index < -0.39 is 9.84 Å². The number of hydrogen-bond donors (Lipinski definition) is 0. The van der Waals surface area contributed by atoms with Crippen molar-refractivity contribution in [3.63, 3.8) is 0 Å². The minimum Gasteiger partial charge on any atom is -0.360 e. The minimum absolute atomic E-state index is 0.164. The van der Waals surface area contributed by atoms with Gasteiger partial charge in [-0.15, -0.1) is 0 Å². The molecule has 0 bridgehead atoms. The highest BCUT2D eigenvalue weighted by atomic mass is 35.5. The Bertz CT molecular complexity index is 695. The smallest absolute Gasteiger partial charge is 0.161 e. The van der Waals surface area contributed by atoms with Crippen molar-refractivity contribution in [3.05, 3.63) is 51.3 Å². The second-order valence-electron chi connectivity index (χ2n) is 4.20. The molecule has 1 aromatic carbocycles. The van der Waals surface area contributed by atoms with E-state index in [1.54, 1.807) is 25.1 Å². The van der Waals surface area contributed by atoms with Crippen molar-refractivity contribution < 1.29 is 12.9 Å². The molecule has 19 heavy (non-hydrogen) atoms. The van der Waals surface area contributed by atoms with Crippen molar-refractivity contribution in [3.8, 4) is 0 Å². The molecule has 0 aliphatic rings. The standard InChI is InChI=1S/C12H11Cl2NO3S/c1-8-4-11(18-15-8)7-19(16,17)6-9-2-3-10(13)5-12(9)14/h2-5H,6-7H2,1H3. The maximum atomic E-state index is 12.0. The number of nitrogens with zero attached hydrogens (tertiary/aromatic N) is 1. The largest absolute Gasteiger partial charge is 0.360 e. The Labute approximate surface area is 121 Å². The Hall–Kier alpha value is -1.04. The van der Waals surface area contributed by atoms with E-state index >= 15 is 0 Å². The summed E-state index contributed by atoms with van der Waals surface area (Å²) in [5, 5.41) is 4.46. The van der Waals surface area contributed by atoms with Gasteiger partial charge in [0.2, 0.25) is 0 Å². The van der Waals surface area contributed by atoms with E-state index in [2.05, 4.69) is 5.16 Å². The lowest BCUT2D eigenvalue weighted by Crippen LogP contribution is -2.07. The lowest BCUT2D eigenvalue weighted by molar-refractivity contribution is 0.388. The van der Waals surface area contributed by atoms with E-state index in [1.807, 2.05) is 0 Å². The average molecular weight is 320 g/mol. The molecule has 1 heterocycles. The van der Waals surface area contributed by atoms with Crippen LogP contribution in [0.5, 0.6) is 0 Å². The van der Waals surface area contributed by atoms with Gasteiger partial charge in [0, 0.05) is 16.1 Å². The summed E-state index contributed by atoms with van der Waals surface area (Å²) in [4.78, 5) is 0. The van der Waals surface area contributed by atoms with E-state index in [-0.39, 0.29) is 11.5 Å². The molecule has 0 saturated carbocycles. The van der Waals surface area contributed by atoms with Crippen molar-refractivity contribution in [2.24, 2.45) is 0 Å². The number of aromatic nitrogens is 1. The zero-order valence-electron chi connectivity index (χ0n) is 10.1. The molecule has 0 fully saturated rings. The van der Waals surface area contributed by atoms with Crippen LogP contribution in [0.4, 0.5) is 0 Å². The summed E-state index contributed by atoms with van der Waals surface area (Å²) in [5.41, 5.74) is 1.16. The maximum Gasteiger partial charge on any atom is 0.161 e. The van der Waals surface area contributed by atoms with Crippen molar-refractivity contribution in [2.75, 3.05) is 0 Å². The van der Waals surface area contributed by atoms with Crippen LogP contribution in [0.1, 0.15) is 17.0 Å². The van der Waals surface area contributed by atoms with Gasteiger partial charge < -0.3 is 4.52 Å². The highest BCUT2D eigenvalue weighted by molar-refractivity contribution is 7.89. The molecule has 0 N–H and O–H groups in total. The second-order valence-corrected chi connectivity index (χ2v) is 7.11. The van der Waals surface area contributed by atoms with Crippen LogP contribution >= 0.6 is 23.2 Å². The van der Waals surface area contributed by atoms with Crippen LogP contribution in [-0.4, -0.2) is 13.6 Å². The van der Waals surface area contributed by atoms with E-state index in [0.717, 1.165) is 0 Å². The normalized spacial score (nSPS) is 11.7. The molecule has 0 spiro atoms. The van der Waals surface area contributed by atoms with E-state index in [0.29, 0.717) is 27.1 Å². The molecule has 0 aliphatic carbocycles. The Morgan fingerprint density at radius 1 is 1.21 bits per heavy atom. The van der Waals surface area contributed by atoms with Gasteiger partial charge >= 0.3 is 0 Å². The molecule has 7 heteroatoms. The van der Waals surface area contributed by atoms with Crippen LogP contribution in [-0.2, 0) is 21.3 Å². The molecule has 2 aromatic rings. The second kappa shape index (κ2) is 5.53. The van der Waals surface area contributed by atoms with Gasteiger partial charge in [-0.3, -0.25) is 0 Å². The monoisotopic (exact) mass is 319 g/mol. The van der Waals surface area contributed by atoms with Gasteiger partial charge in [0.05, 0.1) is 11.4 Å². The zero-order chi connectivity index (χ0) is 14.0. The molecule has 0 amide bonds. The van der Waals surface area contributed by atoms with Gasteiger partial charge in [0.1, 0.15) is 5.75 Å². The number of hydrogen-bond acceptors (Lipinski definition) is 4. The van der Waals surface area contributed by atoms with Crippen molar-refractivity contribution in [1.82, 2.24) is 5.16 Å². The molecule has 1 aromatic heterocycles. The van der Waals surface area contributed by atoms with Crippen LogP contribution in [0.25, 0.3) is 0 Å². The zero-order valence-corrected chi connectivity index (χ0v) is 12.4. The number of sulfone groups is 1. The topological polar surface area (TPSA) is 60.2 Å². The Balaban J connectivity index is 2.17. The number of halogens is 2. The van der Waals surface area contributed by atoms with Gasteiger partial charge in [-0.2, -0.15) is 0 Å². The number of benzene rings is 1. The molecular formula is C12H11Cl2NO3S. The first-order chi connectivity index (χ1) is 8.85. The highest BCUT2D eigenvalue weighted by Crippen LogP contribution is 2.23. The van der Waals surface area contributed by atoms with Gasteiger partial charge in [-0.25, -0.2) is 8.42 Å². The van der Waals surface area contributed by atoms with Gasteiger partial charge in [-0.05, 0) is 24.6 Å². The molecule has 0 radical (unpaired) electrons. The van der Waals surface area contributed by atoms with Crippen LogP contribution in [0, 0.1) is 6.92 Å². The summed E-state index contributed by atoms with van der Waals surface area (Å²) in [6.45, 7) is 1.73. The lowest BCUT2D eigenvalue weighted by atomic mass is 10.2. The predicted molar refractivity (Wildman–Crippen MR) is 74.0 cm³/mol. The summed E-state index contributed by atoms with van der Waals surface area (Å²) in [7, 11) is -3.37. The quantitative estimate of drug-likeness (QED) is 0.866. The molecule has 4 nitrogen and oxygen atoms in total. The average Bonchev–Trinajstić information content (AvgIpc) is 2.67. The van der Waals surface area contributed by atoms with E-state index in [1.165, 1.54) is 6.07 Å². The van der Waals surface area contributed by atoms with E-state index in [9.17, 15) is 8.42 Å². The third kappa shape index (κ3) is 3.96. The summed E-state index contributed by atoms with van der Waals surface area (Å²) >= 11 is 11.7. The first-order valence-electron chi connectivity index (χ1n) is 5.42. The van der Waals surface area contributed by atoms with Crippen LogP contribution in [0.2, 0.25) is 10.0 Å². The Kier molecular flexibility index (Phi) is 4.18. The third-order valence-corrected chi connectivity index (χ3v) is 4.49. The summed E-state index contributed by atoms with van der Waals surface area (Å²) in [6.07, 6.45) is 0. The van der Waals surface area contributed by atoms with Gasteiger partial charge in [0.25, 0.3) is 0 Å². The predicted octanol–water partition coefficient (Wildman–Crippen LogP) is 3.40. The first kappa shape index (κ1) is 14.4. The Morgan fingerprint density at radius 2 is 1.95 bits per heavy atom. The molecule has 0 saturated heterocycles. The van der Waals surface area contributed by atoms with Crippen molar-refractivity contribution in [1.29, 1.82) is 0 Å². The van der Waals surface area contributed by atoms with Crippen LogP contribution in [0.3, 0.4) is 0 Å². The molecule has 2 rings (SSSR count). The van der Waals surface area contributed by atoms with E-state index in [4.69, 9.17) is 27.7 Å². The van der Waals surface area contributed by atoms with Gasteiger partial charge in [-0.1, -0.05) is 34.4 Å². The molecule has 0 atom stereocenters. The van der Waals surface area contributed by atoms with Crippen molar-refractivity contribution >= 4 is 33.0 Å². The summed E-state index contributed by atoms with van der Waals surface area (Å²) < 4.78 is 29.0. The Morgan fingerprint density at radius 3 is 2.53 bits per heavy atom. The first-order valence-corrected chi connectivity index (χ1v) is 8.00. The fourth-order valence-corrected chi connectivity index (χ4v) is 3.58. The lowest BCUT2D eigenvalue weighted by Gasteiger charge is -2.05. The number of rotatable bonds is 4. The summed E-state index contributed by atoms with van der Waals surface area (Å²) in [6, 6.07) is 6.33. The minimum atomic E-state index is -3.37. The molecular weight excluding hydrogens is 309 g/mol. The molecule has 102 valence electrons. The van der Waals surface area contributed by atoms with Crippen molar-refractivity contribution in [2.45, 2.75) is 18.4 Å². The van der Waals surface area contributed by atoms with Gasteiger partial charge in [0.15, 0.2) is 15.6 Å². The maximum absolute atomic E-state index is 12.0. The van der Waals surface area contributed by atoms with Crippen LogP contribution in [0.15, 0.2) is 28.8 Å².